The number of carbonyl (C=O) groups excluding carboxylic acids is 2. The molecule has 0 aromatic heterocycles. The van der Waals surface area contributed by atoms with Crippen LogP contribution in [0.5, 0.6) is 0 Å². The van der Waals surface area contributed by atoms with Crippen LogP contribution in [0.2, 0.25) is 0 Å². The number of amides is 3. The molecule has 1 fully saturated rings. The van der Waals surface area contributed by atoms with Crippen molar-refractivity contribution in [2.24, 2.45) is 0 Å². The standard InChI is InChI=1S/C13H13F3N2O2/c1-3-12(2)10(19)18(11(20)17-12)9-7-5-4-6-8(9)13(14,15)16/h4-7H,3H2,1-2H3,(H,17,20). The van der Waals surface area contributed by atoms with Crippen LogP contribution in [0, 0.1) is 0 Å². The first kappa shape index (κ1) is 14.4. The molecule has 3 amide bonds. The van der Waals surface area contributed by atoms with Gasteiger partial charge in [-0.1, -0.05) is 19.1 Å². The molecule has 0 bridgehead atoms. The first-order valence-electron chi connectivity index (χ1n) is 6.03. The van der Waals surface area contributed by atoms with Gasteiger partial charge in [0, 0.05) is 0 Å². The molecule has 1 heterocycles. The number of rotatable bonds is 2. The van der Waals surface area contributed by atoms with Gasteiger partial charge in [0.25, 0.3) is 5.91 Å². The summed E-state index contributed by atoms with van der Waals surface area (Å²) in [6.07, 6.45) is -4.34. The second-order valence-corrected chi connectivity index (χ2v) is 4.77. The van der Waals surface area contributed by atoms with Gasteiger partial charge in [0.1, 0.15) is 5.54 Å². The summed E-state index contributed by atoms with van der Waals surface area (Å²) in [5, 5.41) is 2.43. The van der Waals surface area contributed by atoms with Crippen molar-refractivity contribution < 1.29 is 22.8 Å². The minimum Gasteiger partial charge on any atom is -0.323 e. The fraction of sp³-hybridized carbons (Fsp3) is 0.385. The maximum absolute atomic E-state index is 13.0. The molecule has 1 aliphatic rings. The van der Waals surface area contributed by atoms with Gasteiger partial charge in [-0.2, -0.15) is 13.2 Å². The van der Waals surface area contributed by atoms with Crippen molar-refractivity contribution in [1.82, 2.24) is 5.32 Å². The van der Waals surface area contributed by atoms with Gasteiger partial charge in [-0.3, -0.25) is 4.79 Å². The molecule has 1 atom stereocenters. The lowest BCUT2D eigenvalue weighted by Crippen LogP contribution is -2.43. The van der Waals surface area contributed by atoms with E-state index in [0.29, 0.717) is 11.3 Å². The molecule has 7 heteroatoms. The Labute approximate surface area is 113 Å². The molecule has 1 aromatic rings. The Morgan fingerprint density at radius 1 is 1.25 bits per heavy atom. The van der Waals surface area contributed by atoms with Gasteiger partial charge in [-0.25, -0.2) is 9.69 Å². The number of urea groups is 1. The van der Waals surface area contributed by atoms with Gasteiger partial charge in [0.15, 0.2) is 0 Å². The number of benzene rings is 1. The van der Waals surface area contributed by atoms with E-state index < -0.39 is 34.9 Å². The van der Waals surface area contributed by atoms with Gasteiger partial charge in [-0.15, -0.1) is 0 Å². The monoisotopic (exact) mass is 286 g/mol. The van der Waals surface area contributed by atoms with Crippen LogP contribution >= 0.6 is 0 Å². The molecule has 108 valence electrons. The van der Waals surface area contributed by atoms with E-state index >= 15 is 0 Å². The van der Waals surface area contributed by atoms with E-state index in [9.17, 15) is 22.8 Å². The fourth-order valence-electron chi connectivity index (χ4n) is 2.05. The quantitative estimate of drug-likeness (QED) is 0.850. The molecule has 0 spiro atoms. The van der Waals surface area contributed by atoms with Crippen LogP contribution in [0.3, 0.4) is 0 Å². The summed E-state index contributed by atoms with van der Waals surface area (Å²) in [5.74, 6) is -0.679. The average Bonchev–Trinajstić information content (AvgIpc) is 2.60. The summed E-state index contributed by atoms with van der Waals surface area (Å²) >= 11 is 0. The third kappa shape index (κ3) is 2.13. The van der Waals surface area contributed by atoms with E-state index in [4.69, 9.17) is 0 Å². The minimum atomic E-state index is -4.64. The molecule has 1 unspecified atom stereocenters. The Kier molecular flexibility index (Phi) is 3.23. The largest absolute Gasteiger partial charge is 0.418 e. The van der Waals surface area contributed by atoms with Crippen LogP contribution in [-0.4, -0.2) is 17.5 Å². The van der Waals surface area contributed by atoms with Crippen LogP contribution in [-0.2, 0) is 11.0 Å². The molecule has 1 aromatic carbocycles. The molecule has 20 heavy (non-hydrogen) atoms. The van der Waals surface area contributed by atoms with Crippen molar-refractivity contribution in [3.05, 3.63) is 29.8 Å². The highest BCUT2D eigenvalue weighted by atomic mass is 19.4. The number of carbonyl (C=O) groups is 2. The topological polar surface area (TPSA) is 49.4 Å². The van der Waals surface area contributed by atoms with Crippen LogP contribution < -0.4 is 10.2 Å². The zero-order valence-corrected chi connectivity index (χ0v) is 10.9. The molecule has 0 aliphatic carbocycles. The first-order chi connectivity index (χ1) is 9.20. The van der Waals surface area contributed by atoms with Crippen molar-refractivity contribution in [2.75, 3.05) is 4.90 Å². The molecule has 1 saturated heterocycles. The second-order valence-electron chi connectivity index (χ2n) is 4.77. The lowest BCUT2D eigenvalue weighted by molar-refractivity contribution is -0.137. The number of hydrogen-bond acceptors (Lipinski definition) is 2. The number of para-hydroxylation sites is 1. The van der Waals surface area contributed by atoms with Crippen molar-refractivity contribution in [1.29, 1.82) is 0 Å². The summed E-state index contributed by atoms with van der Waals surface area (Å²) < 4.78 is 38.9. The molecule has 0 radical (unpaired) electrons. The zero-order chi connectivity index (χ0) is 15.1. The van der Waals surface area contributed by atoms with Crippen LogP contribution in [0.4, 0.5) is 23.7 Å². The molecular formula is C13H13F3N2O2. The van der Waals surface area contributed by atoms with E-state index in [0.717, 1.165) is 12.1 Å². The van der Waals surface area contributed by atoms with E-state index in [1.807, 2.05) is 0 Å². The number of nitrogens with one attached hydrogen (secondary N) is 1. The lowest BCUT2D eigenvalue weighted by atomic mass is 9.99. The smallest absolute Gasteiger partial charge is 0.323 e. The molecule has 4 nitrogen and oxygen atoms in total. The second kappa shape index (κ2) is 4.50. The third-order valence-electron chi connectivity index (χ3n) is 3.42. The van der Waals surface area contributed by atoms with Crippen molar-refractivity contribution in [2.45, 2.75) is 32.0 Å². The number of halogens is 3. The Morgan fingerprint density at radius 3 is 2.35 bits per heavy atom. The molecule has 0 saturated carbocycles. The Balaban J connectivity index is 2.53. The van der Waals surface area contributed by atoms with E-state index in [1.165, 1.54) is 19.1 Å². The highest BCUT2D eigenvalue weighted by molar-refractivity contribution is 6.23. The van der Waals surface area contributed by atoms with Crippen molar-refractivity contribution >= 4 is 17.6 Å². The third-order valence-corrected chi connectivity index (χ3v) is 3.42. The summed E-state index contributed by atoms with van der Waals surface area (Å²) in [6.45, 7) is 3.17. The van der Waals surface area contributed by atoms with Gasteiger partial charge in [0.2, 0.25) is 0 Å². The number of nitrogens with zero attached hydrogens (tertiary/aromatic N) is 1. The molecule has 2 rings (SSSR count). The van der Waals surface area contributed by atoms with Crippen LogP contribution in [0.15, 0.2) is 24.3 Å². The van der Waals surface area contributed by atoms with Gasteiger partial charge in [-0.05, 0) is 25.5 Å². The Hall–Kier alpha value is -2.05. The molecule has 1 aliphatic heterocycles. The van der Waals surface area contributed by atoms with E-state index in [1.54, 1.807) is 6.92 Å². The van der Waals surface area contributed by atoms with Crippen molar-refractivity contribution in [3.8, 4) is 0 Å². The first-order valence-corrected chi connectivity index (χ1v) is 6.03. The van der Waals surface area contributed by atoms with Crippen LogP contribution in [0.1, 0.15) is 25.8 Å². The predicted octanol–water partition coefficient (Wildman–Crippen LogP) is 2.93. The molecule has 1 N–H and O–H groups in total. The highest BCUT2D eigenvalue weighted by Gasteiger charge is 2.49. The molecular weight excluding hydrogens is 273 g/mol. The maximum atomic E-state index is 13.0. The number of alkyl halides is 3. The number of hydrogen-bond donors (Lipinski definition) is 1. The summed E-state index contributed by atoms with van der Waals surface area (Å²) in [6, 6.07) is 3.69. The number of imide groups is 1. The zero-order valence-electron chi connectivity index (χ0n) is 10.9. The Bertz CT molecular complexity index is 571. The van der Waals surface area contributed by atoms with Gasteiger partial charge in [0.05, 0.1) is 11.3 Å². The fourth-order valence-corrected chi connectivity index (χ4v) is 2.05. The van der Waals surface area contributed by atoms with Crippen molar-refractivity contribution in [3.63, 3.8) is 0 Å². The Morgan fingerprint density at radius 2 is 1.85 bits per heavy atom. The maximum Gasteiger partial charge on any atom is 0.418 e. The minimum absolute atomic E-state index is 0.294. The summed E-state index contributed by atoms with van der Waals surface area (Å²) in [7, 11) is 0. The SMILES string of the molecule is CCC1(C)NC(=O)N(c2ccccc2C(F)(F)F)C1=O. The average molecular weight is 286 g/mol. The summed E-state index contributed by atoms with van der Waals surface area (Å²) in [5.41, 5.74) is -2.63. The van der Waals surface area contributed by atoms with Gasteiger partial charge >= 0.3 is 12.2 Å². The predicted molar refractivity (Wildman–Crippen MR) is 66.2 cm³/mol. The number of anilines is 1. The van der Waals surface area contributed by atoms with Crippen LogP contribution in [0.25, 0.3) is 0 Å². The highest BCUT2D eigenvalue weighted by Crippen LogP contribution is 2.38. The normalized spacial score (nSPS) is 23.1. The lowest BCUT2D eigenvalue weighted by Gasteiger charge is -2.21. The summed E-state index contributed by atoms with van der Waals surface area (Å²) in [4.78, 5) is 24.7. The van der Waals surface area contributed by atoms with E-state index in [2.05, 4.69) is 5.32 Å². The van der Waals surface area contributed by atoms with E-state index in [-0.39, 0.29) is 0 Å². The van der Waals surface area contributed by atoms with Gasteiger partial charge < -0.3 is 5.32 Å².